The van der Waals surface area contributed by atoms with Gasteiger partial charge in [-0.2, -0.15) is 0 Å². The maximum absolute atomic E-state index is 12.7. The van der Waals surface area contributed by atoms with Crippen LogP contribution in [-0.4, -0.2) is 17.9 Å². The van der Waals surface area contributed by atoms with E-state index in [1.54, 1.807) is 24.3 Å². The fourth-order valence-corrected chi connectivity index (χ4v) is 2.97. The SMILES string of the molecule is Cc1ccc(N2C(=O)C[C@H](Nc3ccc(Cl)c(Cl)c3)C2=O)cc1C. The van der Waals surface area contributed by atoms with E-state index < -0.39 is 6.04 Å². The largest absolute Gasteiger partial charge is 0.373 e. The summed E-state index contributed by atoms with van der Waals surface area (Å²) in [5.41, 5.74) is 3.40. The molecule has 1 aliphatic heterocycles. The molecule has 0 aliphatic carbocycles. The molecule has 0 bridgehead atoms. The molecule has 2 aromatic carbocycles. The quantitative estimate of drug-likeness (QED) is 0.825. The van der Waals surface area contributed by atoms with E-state index in [1.807, 2.05) is 26.0 Å². The van der Waals surface area contributed by atoms with Crippen molar-refractivity contribution in [1.82, 2.24) is 0 Å². The van der Waals surface area contributed by atoms with Crippen LogP contribution in [0.2, 0.25) is 10.0 Å². The summed E-state index contributed by atoms with van der Waals surface area (Å²) >= 11 is 11.9. The molecule has 1 heterocycles. The zero-order valence-electron chi connectivity index (χ0n) is 13.3. The highest BCUT2D eigenvalue weighted by atomic mass is 35.5. The minimum Gasteiger partial charge on any atom is -0.373 e. The average molecular weight is 363 g/mol. The van der Waals surface area contributed by atoms with E-state index in [0.717, 1.165) is 11.1 Å². The van der Waals surface area contributed by atoms with E-state index >= 15 is 0 Å². The van der Waals surface area contributed by atoms with Gasteiger partial charge in [-0.15, -0.1) is 0 Å². The fraction of sp³-hybridized carbons (Fsp3) is 0.222. The highest BCUT2D eigenvalue weighted by Crippen LogP contribution is 2.29. The first kappa shape index (κ1) is 16.8. The molecule has 1 saturated heterocycles. The maximum atomic E-state index is 12.7. The molecule has 2 amide bonds. The molecule has 0 unspecified atom stereocenters. The summed E-state index contributed by atoms with van der Waals surface area (Å²) in [7, 11) is 0. The number of benzene rings is 2. The number of carbonyl (C=O) groups excluding carboxylic acids is 2. The second-order valence-corrected chi connectivity index (χ2v) is 6.68. The van der Waals surface area contributed by atoms with Gasteiger partial charge in [0.2, 0.25) is 5.91 Å². The molecule has 1 atom stereocenters. The molecule has 1 N–H and O–H groups in total. The molecule has 1 fully saturated rings. The second-order valence-electron chi connectivity index (χ2n) is 5.87. The van der Waals surface area contributed by atoms with Crippen molar-refractivity contribution in [3.8, 4) is 0 Å². The molecule has 124 valence electrons. The first-order valence-corrected chi connectivity index (χ1v) is 8.28. The summed E-state index contributed by atoms with van der Waals surface area (Å²) in [6.45, 7) is 3.94. The Labute approximate surface area is 150 Å². The van der Waals surface area contributed by atoms with Gasteiger partial charge in [0.1, 0.15) is 6.04 Å². The van der Waals surface area contributed by atoms with E-state index in [9.17, 15) is 9.59 Å². The zero-order chi connectivity index (χ0) is 17.4. The van der Waals surface area contributed by atoms with Crippen LogP contribution in [0.1, 0.15) is 17.5 Å². The van der Waals surface area contributed by atoms with Crippen molar-refractivity contribution in [2.24, 2.45) is 0 Å². The number of rotatable bonds is 3. The summed E-state index contributed by atoms with van der Waals surface area (Å²) in [4.78, 5) is 26.2. The van der Waals surface area contributed by atoms with Crippen LogP contribution in [0.3, 0.4) is 0 Å². The van der Waals surface area contributed by atoms with E-state index in [0.29, 0.717) is 21.4 Å². The maximum Gasteiger partial charge on any atom is 0.256 e. The molecule has 4 nitrogen and oxygen atoms in total. The Balaban J connectivity index is 1.83. The third-order valence-corrected chi connectivity index (χ3v) is 4.89. The third kappa shape index (κ3) is 3.12. The fourth-order valence-electron chi connectivity index (χ4n) is 2.67. The summed E-state index contributed by atoms with van der Waals surface area (Å²) in [5.74, 6) is -0.491. The molecular weight excluding hydrogens is 347 g/mol. The first-order valence-electron chi connectivity index (χ1n) is 7.52. The van der Waals surface area contributed by atoms with Crippen molar-refractivity contribution in [3.05, 3.63) is 57.6 Å². The number of nitrogens with one attached hydrogen (secondary N) is 1. The molecular formula is C18H16Cl2N2O2. The number of imide groups is 1. The van der Waals surface area contributed by atoms with E-state index in [2.05, 4.69) is 5.32 Å². The summed E-state index contributed by atoms with van der Waals surface area (Å²) < 4.78 is 0. The van der Waals surface area contributed by atoms with E-state index in [1.165, 1.54) is 4.90 Å². The number of carbonyl (C=O) groups is 2. The van der Waals surface area contributed by atoms with Crippen LogP contribution >= 0.6 is 23.2 Å². The number of hydrogen-bond acceptors (Lipinski definition) is 3. The number of hydrogen-bond donors (Lipinski definition) is 1. The van der Waals surface area contributed by atoms with Crippen LogP contribution in [-0.2, 0) is 9.59 Å². The van der Waals surface area contributed by atoms with Gasteiger partial charge in [0.25, 0.3) is 5.91 Å². The lowest BCUT2D eigenvalue weighted by atomic mass is 10.1. The molecule has 0 saturated carbocycles. The average Bonchev–Trinajstić information content (AvgIpc) is 2.80. The Morgan fingerprint density at radius 1 is 1.00 bits per heavy atom. The van der Waals surface area contributed by atoms with Gasteiger partial charge in [-0.1, -0.05) is 29.3 Å². The minimum atomic E-state index is -0.614. The van der Waals surface area contributed by atoms with Crippen molar-refractivity contribution in [1.29, 1.82) is 0 Å². The van der Waals surface area contributed by atoms with Gasteiger partial charge in [-0.05, 0) is 55.3 Å². The van der Waals surface area contributed by atoms with Gasteiger partial charge in [0.15, 0.2) is 0 Å². The van der Waals surface area contributed by atoms with Crippen LogP contribution in [0.4, 0.5) is 11.4 Å². The highest BCUT2D eigenvalue weighted by Gasteiger charge is 2.39. The number of halogens is 2. The highest BCUT2D eigenvalue weighted by molar-refractivity contribution is 6.42. The molecule has 24 heavy (non-hydrogen) atoms. The molecule has 2 aromatic rings. The van der Waals surface area contributed by atoms with Gasteiger partial charge in [0, 0.05) is 5.69 Å². The summed E-state index contributed by atoms with van der Waals surface area (Å²) in [5, 5.41) is 3.89. The number of amides is 2. The van der Waals surface area contributed by atoms with Crippen LogP contribution in [0.5, 0.6) is 0 Å². The predicted molar refractivity (Wildman–Crippen MR) is 96.9 cm³/mol. The topological polar surface area (TPSA) is 49.4 Å². The lowest BCUT2D eigenvalue weighted by Crippen LogP contribution is -2.34. The van der Waals surface area contributed by atoms with Crippen molar-refractivity contribution in [2.45, 2.75) is 26.3 Å². The second kappa shape index (κ2) is 6.46. The third-order valence-electron chi connectivity index (χ3n) is 4.16. The number of nitrogens with zero attached hydrogens (tertiary/aromatic N) is 1. The van der Waals surface area contributed by atoms with Gasteiger partial charge in [-0.3, -0.25) is 9.59 Å². The Morgan fingerprint density at radius 2 is 1.75 bits per heavy atom. The van der Waals surface area contributed by atoms with Crippen LogP contribution in [0.15, 0.2) is 36.4 Å². The van der Waals surface area contributed by atoms with Crippen LogP contribution < -0.4 is 10.2 Å². The Hall–Kier alpha value is -2.04. The molecule has 0 aromatic heterocycles. The van der Waals surface area contributed by atoms with Gasteiger partial charge in [0.05, 0.1) is 22.2 Å². The van der Waals surface area contributed by atoms with Crippen LogP contribution in [0.25, 0.3) is 0 Å². The zero-order valence-corrected chi connectivity index (χ0v) is 14.8. The Bertz CT molecular complexity index is 836. The first-order chi connectivity index (χ1) is 11.4. The monoisotopic (exact) mass is 362 g/mol. The lowest BCUT2D eigenvalue weighted by Gasteiger charge is -2.17. The molecule has 1 aliphatic rings. The predicted octanol–water partition coefficient (Wildman–Crippen LogP) is 4.35. The van der Waals surface area contributed by atoms with Gasteiger partial charge >= 0.3 is 0 Å². The number of anilines is 2. The molecule has 0 spiro atoms. The standard InChI is InChI=1S/C18H16Cl2N2O2/c1-10-3-5-13(7-11(10)2)22-17(23)9-16(18(22)24)21-12-4-6-14(19)15(20)8-12/h3-8,16,21H,9H2,1-2H3/t16-/m0/s1. The summed E-state index contributed by atoms with van der Waals surface area (Å²) in [6, 6.07) is 9.95. The van der Waals surface area contributed by atoms with E-state index in [4.69, 9.17) is 23.2 Å². The summed E-state index contributed by atoms with van der Waals surface area (Å²) in [6.07, 6.45) is 0.103. The Kier molecular flexibility index (Phi) is 4.52. The van der Waals surface area contributed by atoms with Gasteiger partial charge in [-0.25, -0.2) is 4.90 Å². The molecule has 3 rings (SSSR count). The normalized spacial score (nSPS) is 17.5. The van der Waals surface area contributed by atoms with Gasteiger partial charge < -0.3 is 5.32 Å². The lowest BCUT2D eigenvalue weighted by molar-refractivity contribution is -0.121. The smallest absolute Gasteiger partial charge is 0.256 e. The van der Waals surface area contributed by atoms with Crippen LogP contribution in [0, 0.1) is 13.8 Å². The molecule has 0 radical (unpaired) electrons. The number of aryl methyl sites for hydroxylation is 2. The van der Waals surface area contributed by atoms with Crippen molar-refractivity contribution < 1.29 is 9.59 Å². The Morgan fingerprint density at radius 3 is 2.42 bits per heavy atom. The van der Waals surface area contributed by atoms with Crippen molar-refractivity contribution >= 4 is 46.4 Å². The minimum absolute atomic E-state index is 0.103. The molecule has 6 heteroatoms. The van der Waals surface area contributed by atoms with Crippen molar-refractivity contribution in [2.75, 3.05) is 10.2 Å². The van der Waals surface area contributed by atoms with E-state index in [-0.39, 0.29) is 18.2 Å². The van der Waals surface area contributed by atoms with Crippen molar-refractivity contribution in [3.63, 3.8) is 0 Å².